The van der Waals surface area contributed by atoms with Gasteiger partial charge in [0.2, 0.25) is 0 Å². The van der Waals surface area contributed by atoms with Crippen LogP contribution in [0.5, 0.6) is 0 Å². The third-order valence-electron chi connectivity index (χ3n) is 2.11. The predicted octanol–water partition coefficient (Wildman–Crippen LogP) is 3.04. The van der Waals surface area contributed by atoms with Gasteiger partial charge in [-0.25, -0.2) is 0 Å². The Morgan fingerprint density at radius 3 is 2.53 bits per heavy atom. The van der Waals surface area contributed by atoms with Crippen LogP contribution < -0.4 is 0 Å². The van der Waals surface area contributed by atoms with Crippen molar-refractivity contribution in [3.63, 3.8) is 0 Å². The van der Waals surface area contributed by atoms with E-state index in [1.807, 2.05) is 0 Å². The SMILES string of the molecule is C=C/C(C)=C/[C@@](C)(SC(=O)CN=[N+]=[N-])C(C)=O. The highest BCUT2D eigenvalue weighted by atomic mass is 32.2. The molecule has 0 fully saturated rings. The summed E-state index contributed by atoms with van der Waals surface area (Å²) in [6.07, 6.45) is 3.29. The smallest absolute Gasteiger partial charge is 0.196 e. The van der Waals surface area contributed by atoms with Crippen LogP contribution in [0, 0.1) is 0 Å². The van der Waals surface area contributed by atoms with Gasteiger partial charge in [0.25, 0.3) is 0 Å². The van der Waals surface area contributed by atoms with E-state index in [2.05, 4.69) is 16.6 Å². The van der Waals surface area contributed by atoms with Crippen molar-refractivity contribution in [2.24, 2.45) is 5.11 Å². The van der Waals surface area contributed by atoms with Gasteiger partial charge >= 0.3 is 0 Å². The number of allylic oxidation sites excluding steroid dienone is 2. The van der Waals surface area contributed by atoms with Crippen molar-refractivity contribution in [1.29, 1.82) is 0 Å². The van der Waals surface area contributed by atoms with Gasteiger partial charge in [0.05, 0.1) is 11.3 Å². The maximum atomic E-state index is 11.6. The maximum Gasteiger partial charge on any atom is 0.196 e. The molecule has 5 nitrogen and oxygen atoms in total. The minimum Gasteiger partial charge on any atom is -0.298 e. The second kappa shape index (κ2) is 6.93. The molecule has 1 atom stereocenters. The zero-order chi connectivity index (χ0) is 13.5. The number of Topliss-reactive ketones (excluding diaryl/α,β-unsaturated/α-hetero) is 1. The molecule has 0 spiro atoms. The molecule has 0 saturated carbocycles. The van der Waals surface area contributed by atoms with Crippen LogP contribution >= 0.6 is 11.8 Å². The first kappa shape index (κ1) is 15.5. The molecule has 0 radical (unpaired) electrons. The van der Waals surface area contributed by atoms with Crippen molar-refractivity contribution in [1.82, 2.24) is 0 Å². The van der Waals surface area contributed by atoms with Crippen LogP contribution in [0.1, 0.15) is 20.8 Å². The first-order valence-corrected chi connectivity index (χ1v) is 5.73. The first-order valence-electron chi connectivity index (χ1n) is 4.91. The van der Waals surface area contributed by atoms with E-state index in [0.717, 1.165) is 17.3 Å². The fraction of sp³-hybridized carbons (Fsp3) is 0.455. The number of azide groups is 1. The summed E-state index contributed by atoms with van der Waals surface area (Å²) in [5, 5.41) is 2.83. The Kier molecular flexibility index (Phi) is 6.31. The summed E-state index contributed by atoms with van der Waals surface area (Å²) in [5.74, 6) is -0.141. The van der Waals surface area contributed by atoms with E-state index in [1.165, 1.54) is 6.92 Å². The number of carbonyl (C=O) groups is 2. The van der Waals surface area contributed by atoms with E-state index in [0.29, 0.717) is 0 Å². The monoisotopic (exact) mass is 253 g/mol. The molecular weight excluding hydrogens is 238 g/mol. The molecule has 0 bridgehead atoms. The minimum atomic E-state index is -0.944. The van der Waals surface area contributed by atoms with Gasteiger partial charge in [-0.15, -0.1) is 0 Å². The molecule has 0 aromatic heterocycles. The Bertz CT molecular complexity index is 411. The van der Waals surface area contributed by atoms with Gasteiger partial charge in [-0.3, -0.25) is 9.59 Å². The standard InChI is InChI=1S/C11H15N3O2S/c1-5-8(2)6-11(4,9(3)15)17-10(16)7-13-14-12/h5-6H,1,7H2,2-4H3/b8-6+/t11-/m1/s1. The van der Waals surface area contributed by atoms with E-state index < -0.39 is 4.75 Å². The molecule has 17 heavy (non-hydrogen) atoms. The van der Waals surface area contributed by atoms with Gasteiger partial charge in [-0.1, -0.05) is 41.2 Å². The van der Waals surface area contributed by atoms with Crippen molar-refractivity contribution < 1.29 is 9.59 Å². The average Bonchev–Trinajstić information content (AvgIpc) is 2.25. The zero-order valence-electron chi connectivity index (χ0n) is 10.1. The normalized spacial score (nSPS) is 14.4. The van der Waals surface area contributed by atoms with Crippen LogP contribution in [-0.2, 0) is 9.59 Å². The third kappa shape index (κ3) is 5.38. The lowest BCUT2D eigenvalue weighted by Crippen LogP contribution is -2.29. The van der Waals surface area contributed by atoms with E-state index in [9.17, 15) is 9.59 Å². The largest absolute Gasteiger partial charge is 0.298 e. The lowest BCUT2D eigenvalue weighted by molar-refractivity contribution is -0.118. The Balaban J connectivity index is 4.98. The van der Waals surface area contributed by atoms with Crippen LogP contribution in [0.2, 0.25) is 0 Å². The lowest BCUT2D eigenvalue weighted by atomic mass is 10.0. The van der Waals surface area contributed by atoms with E-state index >= 15 is 0 Å². The van der Waals surface area contributed by atoms with E-state index in [4.69, 9.17) is 5.53 Å². The lowest BCUT2D eigenvalue weighted by Gasteiger charge is -2.21. The predicted molar refractivity (Wildman–Crippen MR) is 69.7 cm³/mol. The molecule has 0 N–H and O–H groups in total. The van der Waals surface area contributed by atoms with E-state index in [1.54, 1.807) is 26.0 Å². The van der Waals surface area contributed by atoms with Crippen LogP contribution in [0.15, 0.2) is 29.4 Å². The number of hydrogen-bond donors (Lipinski definition) is 0. The number of hydrogen-bond acceptors (Lipinski definition) is 4. The number of ketones is 1. The Morgan fingerprint density at radius 2 is 2.12 bits per heavy atom. The van der Waals surface area contributed by atoms with Gasteiger partial charge < -0.3 is 0 Å². The Morgan fingerprint density at radius 1 is 1.53 bits per heavy atom. The summed E-state index contributed by atoms with van der Waals surface area (Å²) in [6, 6.07) is 0. The number of thioether (sulfide) groups is 1. The molecule has 6 heteroatoms. The summed E-state index contributed by atoms with van der Waals surface area (Å²) >= 11 is 0.861. The van der Waals surface area contributed by atoms with Crippen LogP contribution in [-0.4, -0.2) is 22.2 Å². The number of carbonyl (C=O) groups excluding carboxylic acids is 2. The van der Waals surface area contributed by atoms with Crippen molar-refractivity contribution in [2.45, 2.75) is 25.5 Å². The molecule has 92 valence electrons. The molecule has 0 heterocycles. The highest BCUT2D eigenvalue weighted by Crippen LogP contribution is 2.30. The molecule has 0 saturated heterocycles. The van der Waals surface area contributed by atoms with Gasteiger partial charge in [0.15, 0.2) is 5.12 Å². The second-order valence-electron chi connectivity index (χ2n) is 3.62. The second-order valence-corrected chi connectivity index (χ2v) is 5.13. The van der Waals surface area contributed by atoms with Gasteiger partial charge in [-0.05, 0) is 26.3 Å². The first-order chi connectivity index (χ1) is 7.85. The minimum absolute atomic E-state index is 0.141. The fourth-order valence-electron chi connectivity index (χ4n) is 1.05. The Labute approximate surface area is 105 Å². The van der Waals surface area contributed by atoms with Crippen molar-refractivity contribution in [2.75, 3.05) is 6.54 Å². The summed E-state index contributed by atoms with van der Waals surface area (Å²) < 4.78 is -0.944. The molecule has 0 aromatic rings. The van der Waals surface area contributed by atoms with Gasteiger partial charge in [0.1, 0.15) is 5.78 Å². The summed E-state index contributed by atoms with van der Waals surface area (Å²) in [4.78, 5) is 25.6. The third-order valence-corrected chi connectivity index (χ3v) is 3.30. The number of rotatable bonds is 6. The topological polar surface area (TPSA) is 82.9 Å². The van der Waals surface area contributed by atoms with Gasteiger partial charge in [-0.2, -0.15) is 0 Å². The quantitative estimate of drug-likeness (QED) is 0.315. The van der Waals surface area contributed by atoms with Crippen molar-refractivity contribution in [3.05, 3.63) is 34.7 Å². The maximum absolute atomic E-state index is 11.6. The molecular formula is C11H15N3O2S. The highest BCUT2D eigenvalue weighted by molar-refractivity contribution is 8.15. The molecule has 0 amide bonds. The number of nitrogens with zero attached hydrogens (tertiary/aromatic N) is 3. The van der Waals surface area contributed by atoms with Crippen molar-refractivity contribution >= 4 is 22.7 Å². The summed E-state index contributed by atoms with van der Waals surface area (Å²) in [6.45, 7) is 8.20. The molecule has 0 rings (SSSR count). The molecule has 0 aliphatic rings. The molecule has 0 aliphatic heterocycles. The van der Waals surface area contributed by atoms with Gasteiger partial charge in [0, 0.05) is 4.91 Å². The van der Waals surface area contributed by atoms with E-state index in [-0.39, 0.29) is 17.4 Å². The fourth-order valence-corrected chi connectivity index (χ4v) is 2.04. The summed E-state index contributed by atoms with van der Waals surface area (Å²) in [7, 11) is 0. The van der Waals surface area contributed by atoms with Crippen LogP contribution in [0.3, 0.4) is 0 Å². The molecule has 0 aromatic carbocycles. The van der Waals surface area contributed by atoms with Crippen molar-refractivity contribution in [3.8, 4) is 0 Å². The highest BCUT2D eigenvalue weighted by Gasteiger charge is 2.30. The Hall–Kier alpha value is -1.52. The van der Waals surface area contributed by atoms with Crippen LogP contribution in [0.4, 0.5) is 0 Å². The molecule has 0 unspecified atom stereocenters. The summed E-state index contributed by atoms with van der Waals surface area (Å²) in [5.41, 5.74) is 8.92. The van der Waals surface area contributed by atoms with Crippen LogP contribution in [0.25, 0.3) is 10.4 Å². The molecule has 0 aliphatic carbocycles. The zero-order valence-corrected chi connectivity index (χ0v) is 11.0. The average molecular weight is 253 g/mol.